The molecule has 1 heterocycles. The van der Waals surface area contributed by atoms with Crippen molar-refractivity contribution in [3.8, 4) is 0 Å². The first-order valence-electron chi connectivity index (χ1n) is 5.53. The lowest BCUT2D eigenvalue weighted by molar-refractivity contribution is 0.139. The van der Waals surface area contributed by atoms with E-state index in [0.29, 0.717) is 6.04 Å². The quantitative estimate of drug-likeness (QED) is 0.895. The van der Waals surface area contributed by atoms with Gasteiger partial charge < -0.3 is 10.2 Å². The molecule has 0 aliphatic rings. The highest BCUT2D eigenvalue weighted by atomic mass is 79.9. The zero-order valence-electron chi connectivity index (χ0n) is 10.7. The summed E-state index contributed by atoms with van der Waals surface area (Å²) in [6.07, 6.45) is 0. The highest BCUT2D eigenvalue weighted by Gasteiger charge is 2.33. The van der Waals surface area contributed by atoms with Gasteiger partial charge in [-0.3, -0.25) is 0 Å². The Labute approximate surface area is 111 Å². The molecule has 0 fully saturated rings. The van der Waals surface area contributed by atoms with Gasteiger partial charge in [-0.1, -0.05) is 6.92 Å². The van der Waals surface area contributed by atoms with Crippen LogP contribution in [0.15, 0.2) is 15.2 Å². The van der Waals surface area contributed by atoms with Crippen LogP contribution in [0.25, 0.3) is 0 Å². The van der Waals surface area contributed by atoms with Crippen LogP contribution in [0.3, 0.4) is 0 Å². The molecule has 0 spiro atoms. The van der Waals surface area contributed by atoms with Crippen LogP contribution in [0.4, 0.5) is 0 Å². The van der Waals surface area contributed by atoms with Crippen LogP contribution in [0, 0.1) is 0 Å². The first-order valence-corrected chi connectivity index (χ1v) is 7.27. The first kappa shape index (κ1) is 14.2. The van der Waals surface area contributed by atoms with E-state index in [9.17, 15) is 0 Å². The van der Waals surface area contributed by atoms with Crippen LogP contribution in [-0.2, 0) is 0 Å². The van der Waals surface area contributed by atoms with E-state index in [2.05, 4.69) is 71.8 Å². The fourth-order valence-corrected chi connectivity index (χ4v) is 3.25. The normalized spacial score (nSPS) is 14.4. The summed E-state index contributed by atoms with van der Waals surface area (Å²) in [6, 6.07) is 0.341. The summed E-state index contributed by atoms with van der Waals surface area (Å²) in [4.78, 5) is 2.27. The fourth-order valence-electron chi connectivity index (χ4n) is 1.70. The third-order valence-corrected chi connectivity index (χ3v) is 4.97. The molecule has 2 nitrogen and oxygen atoms in total. The zero-order chi connectivity index (χ0) is 12.3. The molecule has 1 aromatic rings. The molecule has 1 N–H and O–H groups in total. The number of thiophene rings is 1. The molecule has 16 heavy (non-hydrogen) atoms. The van der Waals surface area contributed by atoms with Crippen molar-refractivity contribution in [2.24, 2.45) is 0 Å². The highest BCUT2D eigenvalue weighted by molar-refractivity contribution is 9.10. The minimum Gasteiger partial charge on any atom is -0.309 e. The van der Waals surface area contributed by atoms with E-state index in [4.69, 9.17) is 0 Å². The Kier molecular flexibility index (Phi) is 4.98. The molecule has 1 atom stereocenters. The molecule has 0 radical (unpaired) electrons. The maximum Gasteiger partial charge on any atom is 0.0521 e. The average molecular weight is 305 g/mol. The molecular formula is C12H21BrN2S. The molecule has 0 saturated carbocycles. The monoisotopic (exact) mass is 304 g/mol. The van der Waals surface area contributed by atoms with Crippen molar-refractivity contribution in [1.29, 1.82) is 0 Å². The van der Waals surface area contributed by atoms with Crippen LogP contribution in [-0.4, -0.2) is 31.1 Å². The van der Waals surface area contributed by atoms with E-state index in [1.807, 2.05) is 0 Å². The number of rotatable bonds is 5. The van der Waals surface area contributed by atoms with Gasteiger partial charge in [0.25, 0.3) is 0 Å². The van der Waals surface area contributed by atoms with E-state index in [-0.39, 0.29) is 5.54 Å². The first-order chi connectivity index (χ1) is 7.41. The lowest BCUT2D eigenvalue weighted by Crippen LogP contribution is -2.49. The van der Waals surface area contributed by atoms with Crippen molar-refractivity contribution < 1.29 is 0 Å². The predicted octanol–water partition coefficient (Wildman–Crippen LogP) is 3.50. The average Bonchev–Trinajstić information content (AvgIpc) is 2.60. The lowest BCUT2D eigenvalue weighted by Gasteiger charge is -2.40. The van der Waals surface area contributed by atoms with Crippen molar-refractivity contribution in [2.75, 3.05) is 20.6 Å². The number of halogens is 1. The Morgan fingerprint density at radius 2 is 2.06 bits per heavy atom. The van der Waals surface area contributed by atoms with E-state index in [1.54, 1.807) is 11.3 Å². The molecule has 0 aliphatic heterocycles. The molecule has 4 heteroatoms. The molecule has 1 aromatic heterocycles. The third-order valence-electron chi connectivity index (χ3n) is 3.22. The fraction of sp³-hybridized carbons (Fsp3) is 0.667. The van der Waals surface area contributed by atoms with Crippen LogP contribution in [0.5, 0.6) is 0 Å². The number of nitrogens with zero attached hydrogens (tertiary/aromatic N) is 1. The van der Waals surface area contributed by atoms with Gasteiger partial charge >= 0.3 is 0 Å². The smallest absolute Gasteiger partial charge is 0.0521 e. The largest absolute Gasteiger partial charge is 0.309 e. The van der Waals surface area contributed by atoms with Crippen molar-refractivity contribution in [1.82, 2.24) is 10.2 Å². The van der Waals surface area contributed by atoms with E-state index >= 15 is 0 Å². The molecule has 1 unspecified atom stereocenters. The van der Waals surface area contributed by atoms with E-state index < -0.39 is 0 Å². The molecule has 0 aromatic carbocycles. The van der Waals surface area contributed by atoms with Crippen LogP contribution in [0.2, 0.25) is 0 Å². The highest BCUT2D eigenvalue weighted by Crippen LogP contribution is 2.35. The van der Waals surface area contributed by atoms with E-state index in [0.717, 1.165) is 6.54 Å². The summed E-state index contributed by atoms with van der Waals surface area (Å²) < 4.78 is 1.21. The van der Waals surface area contributed by atoms with Gasteiger partial charge in [0, 0.05) is 15.4 Å². The second kappa shape index (κ2) is 5.63. The Balaban J connectivity index is 3.05. The van der Waals surface area contributed by atoms with Gasteiger partial charge in [-0.15, -0.1) is 0 Å². The molecule has 1 rings (SSSR count). The van der Waals surface area contributed by atoms with Crippen molar-refractivity contribution in [3.63, 3.8) is 0 Å². The standard InChI is InChI=1S/C12H21BrN2S/c1-6-14-11(12(2,3)15(4)5)9-7-16-8-10(9)13/h7-8,11,14H,6H2,1-5H3. The zero-order valence-corrected chi connectivity index (χ0v) is 13.1. The van der Waals surface area contributed by atoms with E-state index in [1.165, 1.54) is 10.0 Å². The van der Waals surface area contributed by atoms with Gasteiger partial charge in [0.05, 0.1) is 6.04 Å². The SMILES string of the molecule is CCNC(c1cscc1Br)C(C)(C)N(C)C. The summed E-state index contributed by atoms with van der Waals surface area (Å²) in [5.74, 6) is 0. The summed E-state index contributed by atoms with van der Waals surface area (Å²) >= 11 is 5.37. The summed E-state index contributed by atoms with van der Waals surface area (Å²) in [5, 5.41) is 7.95. The number of hydrogen-bond donors (Lipinski definition) is 1. The Morgan fingerprint density at radius 3 is 2.44 bits per heavy atom. The van der Waals surface area contributed by atoms with Crippen molar-refractivity contribution in [3.05, 3.63) is 20.8 Å². The predicted molar refractivity (Wildman–Crippen MR) is 76.2 cm³/mol. The van der Waals surface area contributed by atoms with Gasteiger partial charge in [-0.25, -0.2) is 0 Å². The van der Waals surface area contributed by atoms with Gasteiger partial charge in [0.2, 0.25) is 0 Å². The van der Waals surface area contributed by atoms with Crippen molar-refractivity contribution >= 4 is 27.3 Å². The van der Waals surface area contributed by atoms with Gasteiger partial charge in [0.1, 0.15) is 0 Å². The number of hydrogen-bond acceptors (Lipinski definition) is 3. The third kappa shape index (κ3) is 2.86. The van der Waals surface area contributed by atoms with Gasteiger partial charge in [-0.05, 0) is 61.4 Å². The van der Waals surface area contributed by atoms with Crippen LogP contribution in [0.1, 0.15) is 32.4 Å². The molecular weight excluding hydrogens is 284 g/mol. The number of likely N-dealkylation sites (N-methyl/N-ethyl adjacent to an activating group) is 2. The Hall–Kier alpha value is 0.1000. The maximum absolute atomic E-state index is 3.63. The summed E-state index contributed by atoms with van der Waals surface area (Å²) in [7, 11) is 4.26. The Morgan fingerprint density at radius 1 is 1.44 bits per heavy atom. The maximum atomic E-state index is 3.63. The summed E-state index contributed by atoms with van der Waals surface area (Å²) in [6.45, 7) is 7.66. The van der Waals surface area contributed by atoms with Crippen LogP contribution < -0.4 is 5.32 Å². The van der Waals surface area contributed by atoms with Gasteiger partial charge in [-0.2, -0.15) is 11.3 Å². The minimum atomic E-state index is 0.0829. The second-order valence-corrected chi connectivity index (χ2v) is 6.31. The molecule has 0 aliphatic carbocycles. The molecule has 0 amide bonds. The minimum absolute atomic E-state index is 0.0829. The molecule has 92 valence electrons. The second-order valence-electron chi connectivity index (χ2n) is 4.71. The molecule has 0 bridgehead atoms. The lowest BCUT2D eigenvalue weighted by atomic mass is 9.89. The van der Waals surface area contributed by atoms with Gasteiger partial charge in [0.15, 0.2) is 0 Å². The van der Waals surface area contributed by atoms with Crippen molar-refractivity contribution in [2.45, 2.75) is 32.4 Å². The van der Waals surface area contributed by atoms with Crippen LogP contribution >= 0.6 is 27.3 Å². The summed E-state index contributed by atoms with van der Waals surface area (Å²) in [5.41, 5.74) is 1.44. The topological polar surface area (TPSA) is 15.3 Å². The Bertz CT molecular complexity index is 334. The number of nitrogens with one attached hydrogen (secondary N) is 1. The molecule has 0 saturated heterocycles.